The molecule has 4 aromatic rings. The Morgan fingerprint density at radius 1 is 1.27 bits per heavy atom. The summed E-state index contributed by atoms with van der Waals surface area (Å²) in [6.45, 7) is 1.83. The Labute approximate surface area is 153 Å². The number of carbonyl (C=O) groups is 1. The van der Waals surface area contributed by atoms with E-state index in [1.54, 1.807) is 11.9 Å². The molecular formula is C19H16N4O2S. The normalized spacial score (nSPS) is 14.2. The van der Waals surface area contributed by atoms with Crippen LogP contribution in [0.25, 0.3) is 21.3 Å². The van der Waals surface area contributed by atoms with Gasteiger partial charge in [0.25, 0.3) is 11.6 Å². The number of para-hydroxylation sites is 1. The molecule has 0 saturated heterocycles. The van der Waals surface area contributed by atoms with Crippen molar-refractivity contribution in [3.05, 3.63) is 47.3 Å². The maximum atomic E-state index is 13.3. The molecule has 1 aliphatic rings. The standard InChI is InChI=1S/C19H16N4O2S/c1-10-16-12(9-14(11-7-8-11)20-17(16)25-22-10)18(24)23(2)19-21-13-5-3-4-6-15(13)26-19/h3-6,9,11H,7-8H2,1-2H3. The molecule has 3 heterocycles. The maximum absolute atomic E-state index is 13.3. The van der Waals surface area contributed by atoms with Gasteiger partial charge in [-0.3, -0.25) is 9.69 Å². The predicted molar refractivity (Wildman–Crippen MR) is 101 cm³/mol. The van der Waals surface area contributed by atoms with E-state index in [2.05, 4.69) is 15.1 Å². The lowest BCUT2D eigenvalue weighted by atomic mass is 10.1. The SMILES string of the molecule is Cc1noc2nc(C3CC3)cc(C(=O)N(C)c3nc4ccccc4s3)c12. The van der Waals surface area contributed by atoms with Crippen LogP contribution in [0.1, 0.15) is 40.5 Å². The zero-order valence-electron chi connectivity index (χ0n) is 14.4. The highest BCUT2D eigenvalue weighted by atomic mass is 32.1. The number of aromatic nitrogens is 3. The maximum Gasteiger partial charge on any atom is 0.260 e. The van der Waals surface area contributed by atoms with Crippen molar-refractivity contribution in [1.82, 2.24) is 15.1 Å². The van der Waals surface area contributed by atoms with Crippen molar-refractivity contribution in [1.29, 1.82) is 0 Å². The molecule has 1 fully saturated rings. The molecule has 7 heteroatoms. The van der Waals surface area contributed by atoms with Crippen LogP contribution in [-0.2, 0) is 0 Å². The highest BCUT2D eigenvalue weighted by Gasteiger charge is 2.30. The summed E-state index contributed by atoms with van der Waals surface area (Å²) < 4.78 is 6.40. The summed E-state index contributed by atoms with van der Waals surface area (Å²) in [5.74, 6) is 0.300. The molecule has 0 N–H and O–H groups in total. The highest BCUT2D eigenvalue weighted by Crippen LogP contribution is 2.41. The Kier molecular flexibility index (Phi) is 3.33. The first-order chi connectivity index (χ1) is 12.6. The minimum Gasteiger partial charge on any atom is -0.336 e. The van der Waals surface area contributed by atoms with Gasteiger partial charge in [0, 0.05) is 18.7 Å². The van der Waals surface area contributed by atoms with Crippen LogP contribution in [0.2, 0.25) is 0 Å². The quantitative estimate of drug-likeness (QED) is 0.542. The second kappa shape index (κ2) is 5.60. The van der Waals surface area contributed by atoms with Gasteiger partial charge in [-0.2, -0.15) is 0 Å². The molecule has 0 spiro atoms. The fourth-order valence-electron chi connectivity index (χ4n) is 3.14. The van der Waals surface area contributed by atoms with E-state index in [1.165, 1.54) is 11.3 Å². The average Bonchev–Trinajstić information content (AvgIpc) is 3.32. The molecule has 6 nitrogen and oxygen atoms in total. The van der Waals surface area contributed by atoms with Gasteiger partial charge in [0.1, 0.15) is 0 Å². The van der Waals surface area contributed by atoms with E-state index in [-0.39, 0.29) is 5.91 Å². The molecule has 1 saturated carbocycles. The smallest absolute Gasteiger partial charge is 0.260 e. The van der Waals surface area contributed by atoms with Gasteiger partial charge in [-0.05, 0) is 38.0 Å². The summed E-state index contributed by atoms with van der Waals surface area (Å²) in [6, 6.07) is 9.78. The lowest BCUT2D eigenvalue weighted by molar-refractivity contribution is 0.0994. The van der Waals surface area contributed by atoms with Gasteiger partial charge in [-0.1, -0.05) is 28.6 Å². The largest absolute Gasteiger partial charge is 0.336 e. The second-order valence-electron chi connectivity index (χ2n) is 6.65. The van der Waals surface area contributed by atoms with Crippen molar-refractivity contribution in [2.75, 3.05) is 11.9 Å². The first-order valence-electron chi connectivity index (χ1n) is 8.52. The van der Waals surface area contributed by atoms with Gasteiger partial charge < -0.3 is 4.52 Å². The molecular weight excluding hydrogens is 348 g/mol. The molecule has 0 radical (unpaired) electrons. The van der Waals surface area contributed by atoms with Crippen molar-refractivity contribution < 1.29 is 9.32 Å². The number of thiazole rings is 1. The fourth-order valence-corrected chi connectivity index (χ4v) is 4.07. The van der Waals surface area contributed by atoms with Crippen molar-refractivity contribution >= 4 is 43.7 Å². The summed E-state index contributed by atoms with van der Waals surface area (Å²) in [5, 5.41) is 5.36. The number of hydrogen-bond acceptors (Lipinski definition) is 6. The van der Waals surface area contributed by atoms with Crippen molar-refractivity contribution in [2.45, 2.75) is 25.7 Å². The molecule has 3 aromatic heterocycles. The van der Waals surface area contributed by atoms with Crippen LogP contribution in [0.15, 0.2) is 34.9 Å². The lowest BCUT2D eigenvalue weighted by Crippen LogP contribution is -2.26. The van der Waals surface area contributed by atoms with Gasteiger partial charge >= 0.3 is 0 Å². The Hall–Kier alpha value is -2.80. The van der Waals surface area contributed by atoms with E-state index in [0.717, 1.165) is 28.8 Å². The van der Waals surface area contributed by atoms with Crippen LogP contribution in [-0.4, -0.2) is 28.1 Å². The monoisotopic (exact) mass is 364 g/mol. The number of amides is 1. The summed E-state index contributed by atoms with van der Waals surface area (Å²) in [7, 11) is 1.76. The second-order valence-corrected chi connectivity index (χ2v) is 7.65. The fraction of sp³-hybridized carbons (Fsp3) is 0.263. The Morgan fingerprint density at radius 3 is 2.85 bits per heavy atom. The van der Waals surface area contributed by atoms with Crippen LogP contribution in [0.4, 0.5) is 5.13 Å². The number of hydrogen-bond donors (Lipinski definition) is 0. The van der Waals surface area contributed by atoms with Crippen LogP contribution >= 0.6 is 11.3 Å². The van der Waals surface area contributed by atoms with Crippen LogP contribution in [0.5, 0.6) is 0 Å². The number of fused-ring (bicyclic) bond motifs is 2. The van der Waals surface area contributed by atoms with Gasteiger partial charge in [-0.15, -0.1) is 0 Å². The third kappa shape index (κ3) is 2.39. The molecule has 130 valence electrons. The zero-order chi connectivity index (χ0) is 17.8. The van der Waals surface area contributed by atoms with Gasteiger partial charge in [-0.25, -0.2) is 9.97 Å². The van der Waals surface area contributed by atoms with Crippen molar-refractivity contribution in [3.63, 3.8) is 0 Å². The minimum absolute atomic E-state index is 0.121. The molecule has 1 aliphatic carbocycles. The van der Waals surface area contributed by atoms with Crippen LogP contribution < -0.4 is 4.90 Å². The van der Waals surface area contributed by atoms with Gasteiger partial charge in [0.05, 0.1) is 26.9 Å². The first kappa shape index (κ1) is 15.5. The van der Waals surface area contributed by atoms with Crippen molar-refractivity contribution in [3.8, 4) is 0 Å². The number of nitrogens with zero attached hydrogens (tertiary/aromatic N) is 4. The minimum atomic E-state index is -0.121. The van der Waals surface area contributed by atoms with E-state index < -0.39 is 0 Å². The molecule has 1 amide bonds. The van der Waals surface area contributed by atoms with E-state index in [9.17, 15) is 4.79 Å². The average molecular weight is 364 g/mol. The van der Waals surface area contributed by atoms with E-state index in [0.29, 0.717) is 33.4 Å². The Bertz CT molecular complexity index is 1130. The summed E-state index contributed by atoms with van der Waals surface area (Å²) in [6.07, 6.45) is 2.21. The molecule has 5 rings (SSSR count). The number of pyridine rings is 1. The van der Waals surface area contributed by atoms with Gasteiger partial charge in [0.15, 0.2) is 5.13 Å². The molecule has 0 atom stereocenters. The number of carbonyl (C=O) groups excluding carboxylic acids is 1. The van der Waals surface area contributed by atoms with Crippen LogP contribution in [0, 0.1) is 6.92 Å². The number of rotatable bonds is 3. The van der Waals surface area contributed by atoms with Crippen molar-refractivity contribution in [2.24, 2.45) is 0 Å². The summed E-state index contributed by atoms with van der Waals surface area (Å²) >= 11 is 1.50. The molecule has 0 aliphatic heterocycles. The third-order valence-corrected chi connectivity index (χ3v) is 5.85. The van der Waals surface area contributed by atoms with Gasteiger partial charge in [0.2, 0.25) is 0 Å². The van der Waals surface area contributed by atoms with E-state index in [1.807, 2.05) is 37.3 Å². The Balaban J connectivity index is 1.61. The third-order valence-electron chi connectivity index (χ3n) is 4.74. The lowest BCUT2D eigenvalue weighted by Gasteiger charge is -2.15. The van der Waals surface area contributed by atoms with E-state index >= 15 is 0 Å². The zero-order valence-corrected chi connectivity index (χ0v) is 15.2. The Morgan fingerprint density at radius 2 is 2.08 bits per heavy atom. The number of anilines is 1. The van der Waals surface area contributed by atoms with Crippen LogP contribution in [0.3, 0.4) is 0 Å². The number of aryl methyl sites for hydroxylation is 1. The summed E-state index contributed by atoms with van der Waals surface area (Å²) in [4.78, 5) is 24.0. The molecule has 26 heavy (non-hydrogen) atoms. The molecule has 0 unspecified atom stereocenters. The number of benzene rings is 1. The summed E-state index contributed by atoms with van der Waals surface area (Å²) in [5.41, 5.74) is 3.50. The highest BCUT2D eigenvalue weighted by molar-refractivity contribution is 7.22. The molecule has 0 bridgehead atoms. The molecule has 1 aromatic carbocycles. The topological polar surface area (TPSA) is 72.1 Å². The predicted octanol–water partition coefficient (Wildman–Crippen LogP) is 4.29. The first-order valence-corrected chi connectivity index (χ1v) is 9.34. The van der Waals surface area contributed by atoms with E-state index in [4.69, 9.17) is 4.52 Å².